The summed E-state index contributed by atoms with van der Waals surface area (Å²) in [4.78, 5) is 34.4. The minimum Gasteiger partial charge on any atom is -0.325 e. The number of fused-ring (bicyclic) bond motifs is 1. The van der Waals surface area contributed by atoms with Crippen LogP contribution in [0.3, 0.4) is 0 Å². The average Bonchev–Trinajstić information content (AvgIpc) is 3.28. The molecule has 4 rings (SSSR count). The zero-order valence-corrected chi connectivity index (χ0v) is 20.4. The molecule has 0 radical (unpaired) electrons. The first-order valence-electron chi connectivity index (χ1n) is 10.9. The number of amides is 1. The first-order valence-corrected chi connectivity index (χ1v) is 12.7. The summed E-state index contributed by atoms with van der Waals surface area (Å²) in [5, 5.41) is 6.57. The minimum atomic E-state index is -0.314. The molecule has 1 unspecified atom stereocenters. The molecule has 1 atom stereocenters. The normalized spacial score (nSPS) is 12.0. The molecule has 33 heavy (non-hydrogen) atoms. The number of carbonyl (C=O) groups is 2. The van der Waals surface area contributed by atoms with Crippen molar-refractivity contribution in [2.75, 3.05) is 5.32 Å². The number of ketones is 1. The molecular weight excluding hydrogens is 450 g/mol. The zero-order chi connectivity index (χ0) is 23.4. The molecule has 168 valence electrons. The second-order valence-electron chi connectivity index (χ2n) is 7.70. The van der Waals surface area contributed by atoms with E-state index in [9.17, 15) is 9.59 Å². The smallest absolute Gasteiger partial charge is 0.237 e. The summed E-state index contributed by atoms with van der Waals surface area (Å²) in [5.74, 6) is -0.0903. The number of Topliss-reactive ketones (excluding diaryl/α,β-unsaturated/α-hetero) is 1. The molecule has 4 aromatic rings. The van der Waals surface area contributed by atoms with Crippen LogP contribution in [0.15, 0.2) is 65.3 Å². The number of nitrogens with one attached hydrogen (secondary N) is 1. The summed E-state index contributed by atoms with van der Waals surface area (Å²) >= 11 is 3.05. The average molecular weight is 476 g/mol. The maximum Gasteiger partial charge on any atom is 0.237 e. The number of nitrogens with zero attached hydrogens (tertiary/aromatic N) is 2. The van der Waals surface area contributed by atoms with E-state index in [1.165, 1.54) is 24.2 Å². The van der Waals surface area contributed by atoms with Crippen LogP contribution in [-0.2, 0) is 11.2 Å². The van der Waals surface area contributed by atoms with Gasteiger partial charge in [0.15, 0.2) is 5.78 Å². The number of thiophene rings is 1. The Hall–Kier alpha value is -3.03. The Bertz CT molecular complexity index is 1280. The number of aryl methyl sites for hydroxylation is 1. The third-order valence-corrected chi connectivity index (χ3v) is 7.74. The number of hydrogen-bond acceptors (Lipinski definition) is 6. The zero-order valence-electron chi connectivity index (χ0n) is 18.8. The summed E-state index contributed by atoms with van der Waals surface area (Å²) in [6, 6.07) is 15.5. The molecule has 0 aliphatic rings. The van der Waals surface area contributed by atoms with E-state index in [1.807, 2.05) is 6.92 Å². The Morgan fingerprint density at radius 1 is 1.03 bits per heavy atom. The lowest BCUT2D eigenvalue weighted by Crippen LogP contribution is -2.24. The highest BCUT2D eigenvalue weighted by atomic mass is 32.2. The Balaban J connectivity index is 1.59. The third-order valence-electron chi connectivity index (χ3n) is 5.48. The molecule has 1 N–H and O–H groups in total. The van der Waals surface area contributed by atoms with Crippen molar-refractivity contribution in [2.24, 2.45) is 0 Å². The molecular formula is C26H25N3O2S2. The van der Waals surface area contributed by atoms with Gasteiger partial charge in [0.2, 0.25) is 5.91 Å². The monoisotopic (exact) mass is 475 g/mol. The molecule has 0 aliphatic heterocycles. The number of benzene rings is 2. The predicted molar refractivity (Wildman–Crippen MR) is 137 cm³/mol. The van der Waals surface area contributed by atoms with Crippen LogP contribution >= 0.6 is 23.1 Å². The van der Waals surface area contributed by atoms with Gasteiger partial charge in [0.1, 0.15) is 16.2 Å². The predicted octanol–water partition coefficient (Wildman–Crippen LogP) is 6.63. The van der Waals surface area contributed by atoms with Crippen molar-refractivity contribution in [3.05, 3.63) is 71.4 Å². The van der Waals surface area contributed by atoms with Crippen LogP contribution < -0.4 is 5.32 Å². The standard InChI is InChI=1S/C26H25N3O2S2/c1-4-17-6-8-19(9-7-17)21-14-32-25-23(21)26(28-15-27-25)33-22(5-2)24(31)29-20-12-10-18(11-13-20)16(3)30/h6-15,22H,4-5H2,1-3H3,(H,29,31). The van der Waals surface area contributed by atoms with Crippen molar-refractivity contribution < 1.29 is 9.59 Å². The molecule has 2 heterocycles. The summed E-state index contributed by atoms with van der Waals surface area (Å²) in [5.41, 5.74) is 4.80. The topological polar surface area (TPSA) is 72.0 Å². The Morgan fingerprint density at radius 3 is 2.39 bits per heavy atom. The van der Waals surface area contributed by atoms with Crippen LogP contribution in [0.2, 0.25) is 0 Å². The number of carbonyl (C=O) groups excluding carboxylic acids is 2. The fourth-order valence-corrected chi connectivity index (χ4v) is 5.55. The van der Waals surface area contributed by atoms with Gasteiger partial charge in [0.05, 0.1) is 10.6 Å². The number of anilines is 1. The quantitative estimate of drug-likeness (QED) is 0.176. The van der Waals surface area contributed by atoms with Crippen LogP contribution in [-0.4, -0.2) is 26.9 Å². The van der Waals surface area contributed by atoms with Crippen molar-refractivity contribution in [3.63, 3.8) is 0 Å². The first kappa shape index (κ1) is 23.1. The van der Waals surface area contributed by atoms with E-state index in [-0.39, 0.29) is 16.9 Å². The molecule has 2 aromatic heterocycles. The van der Waals surface area contributed by atoms with Crippen molar-refractivity contribution in [1.29, 1.82) is 0 Å². The lowest BCUT2D eigenvalue weighted by Gasteiger charge is -2.15. The lowest BCUT2D eigenvalue weighted by atomic mass is 10.0. The highest BCUT2D eigenvalue weighted by Gasteiger charge is 2.22. The van der Waals surface area contributed by atoms with Crippen LogP contribution in [0.25, 0.3) is 21.3 Å². The van der Waals surface area contributed by atoms with Crippen molar-refractivity contribution >= 4 is 50.7 Å². The summed E-state index contributed by atoms with van der Waals surface area (Å²) in [7, 11) is 0. The van der Waals surface area contributed by atoms with Crippen LogP contribution in [0, 0.1) is 0 Å². The fraction of sp³-hybridized carbons (Fsp3) is 0.231. The highest BCUT2D eigenvalue weighted by Crippen LogP contribution is 2.39. The molecule has 2 aromatic carbocycles. The van der Waals surface area contributed by atoms with Crippen LogP contribution in [0.1, 0.15) is 43.1 Å². The molecule has 0 spiro atoms. The van der Waals surface area contributed by atoms with Gasteiger partial charge in [-0.3, -0.25) is 9.59 Å². The molecule has 0 fully saturated rings. The van der Waals surface area contributed by atoms with E-state index in [4.69, 9.17) is 0 Å². The molecule has 0 saturated carbocycles. The molecule has 0 saturated heterocycles. The van der Waals surface area contributed by atoms with E-state index < -0.39 is 0 Å². The van der Waals surface area contributed by atoms with Crippen molar-refractivity contribution in [1.82, 2.24) is 9.97 Å². The van der Waals surface area contributed by atoms with E-state index in [0.717, 1.165) is 32.8 Å². The number of thioether (sulfide) groups is 1. The van der Waals surface area contributed by atoms with Crippen molar-refractivity contribution in [2.45, 2.75) is 43.9 Å². The maximum atomic E-state index is 13.0. The second-order valence-corrected chi connectivity index (χ2v) is 9.75. The summed E-state index contributed by atoms with van der Waals surface area (Å²) < 4.78 is 0. The number of rotatable bonds is 8. The SMILES string of the molecule is CCc1ccc(-c2csc3ncnc(SC(CC)C(=O)Nc4ccc(C(C)=O)cc4)c23)cc1. The van der Waals surface area contributed by atoms with Crippen LogP contribution in [0.5, 0.6) is 0 Å². The van der Waals surface area contributed by atoms with Gasteiger partial charge in [0.25, 0.3) is 0 Å². The highest BCUT2D eigenvalue weighted by molar-refractivity contribution is 8.00. The molecule has 7 heteroatoms. The second kappa shape index (κ2) is 10.3. The van der Waals surface area contributed by atoms with Gasteiger partial charge in [0, 0.05) is 22.2 Å². The van der Waals surface area contributed by atoms with Gasteiger partial charge < -0.3 is 5.32 Å². The largest absolute Gasteiger partial charge is 0.325 e. The Morgan fingerprint density at radius 2 is 1.76 bits per heavy atom. The van der Waals surface area contributed by atoms with Gasteiger partial charge in [-0.25, -0.2) is 9.97 Å². The van der Waals surface area contributed by atoms with E-state index in [0.29, 0.717) is 17.7 Å². The van der Waals surface area contributed by atoms with Gasteiger partial charge >= 0.3 is 0 Å². The maximum absolute atomic E-state index is 13.0. The Labute approximate surface area is 201 Å². The van der Waals surface area contributed by atoms with Gasteiger partial charge in [-0.2, -0.15) is 0 Å². The molecule has 0 bridgehead atoms. The van der Waals surface area contributed by atoms with Gasteiger partial charge in [-0.1, -0.05) is 49.9 Å². The first-order chi connectivity index (χ1) is 16.0. The minimum absolute atomic E-state index is 0.00135. The van der Waals surface area contributed by atoms with E-state index in [2.05, 4.69) is 51.9 Å². The third kappa shape index (κ3) is 5.15. The number of aromatic nitrogens is 2. The van der Waals surface area contributed by atoms with E-state index in [1.54, 1.807) is 41.9 Å². The number of hydrogen-bond donors (Lipinski definition) is 1. The lowest BCUT2D eigenvalue weighted by molar-refractivity contribution is -0.115. The molecule has 1 amide bonds. The van der Waals surface area contributed by atoms with Gasteiger partial charge in [-0.05, 0) is 55.2 Å². The van der Waals surface area contributed by atoms with Gasteiger partial charge in [-0.15, -0.1) is 11.3 Å². The Kier molecular flexibility index (Phi) is 7.20. The summed E-state index contributed by atoms with van der Waals surface area (Å²) in [6.07, 6.45) is 3.22. The fourth-order valence-electron chi connectivity index (χ4n) is 3.54. The summed E-state index contributed by atoms with van der Waals surface area (Å²) in [6.45, 7) is 5.66. The van der Waals surface area contributed by atoms with Crippen LogP contribution in [0.4, 0.5) is 5.69 Å². The van der Waals surface area contributed by atoms with E-state index >= 15 is 0 Å². The molecule has 5 nitrogen and oxygen atoms in total. The molecule has 0 aliphatic carbocycles. The van der Waals surface area contributed by atoms with Crippen molar-refractivity contribution in [3.8, 4) is 11.1 Å².